The first-order chi connectivity index (χ1) is 11.9. The van der Waals surface area contributed by atoms with E-state index in [1.165, 1.54) is 68.3 Å². The van der Waals surface area contributed by atoms with Gasteiger partial charge in [0.05, 0.1) is 11.3 Å². The summed E-state index contributed by atoms with van der Waals surface area (Å²) in [4.78, 5) is 3.78. The number of halogens is 1. The van der Waals surface area contributed by atoms with Gasteiger partial charge >= 0.3 is 0 Å². The Morgan fingerprint density at radius 2 is 2.00 bits per heavy atom. The maximum Gasteiger partial charge on any atom is 0.269 e. The summed E-state index contributed by atoms with van der Waals surface area (Å²) in [7, 11) is -2.73. The van der Waals surface area contributed by atoms with Gasteiger partial charge in [-0.25, -0.2) is 21.5 Å². The summed E-state index contributed by atoms with van der Waals surface area (Å²) in [5.74, 6) is -0.565. The number of benzene rings is 1. The number of hydrogen-bond donors (Lipinski definition) is 0. The molecule has 25 heavy (non-hydrogen) atoms. The van der Waals surface area contributed by atoms with Crippen LogP contribution in [0.4, 0.5) is 4.39 Å². The second-order valence-corrected chi connectivity index (χ2v) is 7.12. The Labute approximate surface area is 144 Å². The second-order valence-electron chi connectivity index (χ2n) is 5.30. The molecule has 0 saturated heterocycles. The molecule has 0 spiro atoms. The van der Waals surface area contributed by atoms with Gasteiger partial charge < -0.3 is 5.21 Å². The molecular formula is C17H14FN3O3S. The van der Waals surface area contributed by atoms with Crippen molar-refractivity contribution in [1.82, 2.24) is 8.96 Å². The summed E-state index contributed by atoms with van der Waals surface area (Å²) in [5, 5.41) is 11.3. The molecular weight excluding hydrogens is 345 g/mol. The molecule has 6 nitrogen and oxygen atoms in total. The first kappa shape index (κ1) is 16.8. The van der Waals surface area contributed by atoms with Gasteiger partial charge in [0, 0.05) is 24.2 Å². The molecule has 0 aliphatic heterocycles. The van der Waals surface area contributed by atoms with Crippen LogP contribution in [0.5, 0.6) is 0 Å². The van der Waals surface area contributed by atoms with Crippen LogP contribution in [0.3, 0.4) is 0 Å². The predicted octanol–water partition coefficient (Wildman–Crippen LogP) is 2.49. The third-order valence-corrected chi connectivity index (χ3v) is 5.14. The lowest BCUT2D eigenvalue weighted by atomic mass is 10.1. The van der Waals surface area contributed by atoms with Crippen LogP contribution in [0.1, 0.15) is 5.56 Å². The fourth-order valence-electron chi connectivity index (χ4n) is 2.42. The number of rotatable bonds is 4. The maximum absolute atomic E-state index is 14.2. The number of hydrogen-bond acceptors (Lipinski definition) is 4. The predicted molar refractivity (Wildman–Crippen MR) is 91.4 cm³/mol. The van der Waals surface area contributed by atoms with Gasteiger partial charge in [0.15, 0.2) is 6.21 Å². The van der Waals surface area contributed by atoms with Crippen LogP contribution in [0, 0.1) is 11.0 Å². The van der Waals surface area contributed by atoms with Crippen LogP contribution < -0.4 is 0 Å². The molecule has 0 aliphatic rings. The Bertz CT molecular complexity index is 1040. The highest BCUT2D eigenvalue weighted by atomic mass is 32.2. The molecule has 0 aliphatic carbocycles. The first-order valence-electron chi connectivity index (χ1n) is 7.27. The van der Waals surface area contributed by atoms with Crippen LogP contribution in [-0.4, -0.2) is 35.4 Å². The monoisotopic (exact) mass is 359 g/mol. The molecule has 2 heterocycles. The molecule has 0 bridgehead atoms. The normalized spacial score (nSPS) is 12.3. The van der Waals surface area contributed by atoms with Gasteiger partial charge in [-0.2, -0.15) is 0 Å². The second kappa shape index (κ2) is 6.48. The van der Waals surface area contributed by atoms with Crippen molar-refractivity contribution in [3.05, 3.63) is 77.6 Å². The van der Waals surface area contributed by atoms with Crippen LogP contribution in [0.15, 0.2) is 66.0 Å². The van der Waals surface area contributed by atoms with E-state index in [0.29, 0.717) is 10.3 Å². The number of nitrogens with zero attached hydrogens (tertiary/aromatic N) is 3. The minimum Gasteiger partial charge on any atom is -0.624 e. The first-order valence-corrected chi connectivity index (χ1v) is 8.71. The van der Waals surface area contributed by atoms with Crippen molar-refractivity contribution in [3.63, 3.8) is 0 Å². The van der Waals surface area contributed by atoms with Crippen molar-refractivity contribution in [2.75, 3.05) is 7.05 Å². The zero-order valence-electron chi connectivity index (χ0n) is 13.2. The molecule has 128 valence electrons. The standard InChI is InChI=1S/C17H14FN3O3S/c1-20(22)11-13-9-17(15-6-2-3-7-16(15)18)21(12-13)25(23,24)14-5-4-8-19-10-14/h2-12H,1H3/b20-11-. The fourth-order valence-corrected chi connectivity index (χ4v) is 3.76. The van der Waals surface area contributed by atoms with Crippen molar-refractivity contribution >= 4 is 16.2 Å². The van der Waals surface area contributed by atoms with Gasteiger partial charge in [0.2, 0.25) is 0 Å². The van der Waals surface area contributed by atoms with Crippen molar-refractivity contribution in [1.29, 1.82) is 0 Å². The van der Waals surface area contributed by atoms with Crippen molar-refractivity contribution in [2.45, 2.75) is 4.90 Å². The molecule has 0 atom stereocenters. The topological polar surface area (TPSA) is 78.0 Å². The van der Waals surface area contributed by atoms with Gasteiger partial charge in [-0.1, -0.05) is 12.1 Å². The summed E-state index contributed by atoms with van der Waals surface area (Å²) >= 11 is 0. The summed E-state index contributed by atoms with van der Waals surface area (Å²) < 4.78 is 41.6. The summed E-state index contributed by atoms with van der Waals surface area (Å²) in [5.41, 5.74) is 0.571. The Kier molecular flexibility index (Phi) is 4.37. The van der Waals surface area contributed by atoms with Crippen LogP contribution in [0.2, 0.25) is 0 Å². The fraction of sp³-hybridized carbons (Fsp3) is 0.0588. The molecule has 3 aromatic rings. The van der Waals surface area contributed by atoms with E-state index in [0.717, 1.165) is 3.97 Å². The van der Waals surface area contributed by atoms with E-state index in [-0.39, 0.29) is 16.2 Å². The Morgan fingerprint density at radius 3 is 2.64 bits per heavy atom. The van der Waals surface area contributed by atoms with Gasteiger partial charge in [-0.15, -0.1) is 0 Å². The van der Waals surface area contributed by atoms with E-state index >= 15 is 0 Å². The molecule has 3 rings (SSSR count). The lowest BCUT2D eigenvalue weighted by Crippen LogP contribution is -2.13. The third kappa shape index (κ3) is 3.29. The molecule has 0 saturated carbocycles. The molecule has 2 aromatic heterocycles. The largest absolute Gasteiger partial charge is 0.624 e. The highest BCUT2D eigenvalue weighted by Crippen LogP contribution is 2.28. The average molecular weight is 359 g/mol. The lowest BCUT2D eigenvalue weighted by molar-refractivity contribution is -0.416. The third-order valence-electron chi connectivity index (χ3n) is 3.48. The Hall–Kier alpha value is -3.00. The maximum atomic E-state index is 14.2. The van der Waals surface area contributed by atoms with E-state index in [1.54, 1.807) is 6.07 Å². The van der Waals surface area contributed by atoms with Gasteiger partial charge in [-0.05, 0) is 30.3 Å². The van der Waals surface area contributed by atoms with Gasteiger partial charge in [-0.3, -0.25) is 4.98 Å². The lowest BCUT2D eigenvalue weighted by Gasteiger charge is -2.10. The summed E-state index contributed by atoms with van der Waals surface area (Å²) in [6.07, 6.45) is 5.15. The smallest absolute Gasteiger partial charge is 0.269 e. The zero-order valence-corrected chi connectivity index (χ0v) is 14.0. The Balaban J connectivity index is 2.27. The number of hydroxylamine groups is 1. The van der Waals surface area contributed by atoms with Crippen molar-refractivity contribution in [3.8, 4) is 11.3 Å². The van der Waals surface area contributed by atoms with E-state index < -0.39 is 15.8 Å². The molecule has 1 aromatic carbocycles. The van der Waals surface area contributed by atoms with Crippen molar-refractivity contribution < 1.29 is 17.5 Å². The van der Waals surface area contributed by atoms with Crippen LogP contribution >= 0.6 is 0 Å². The quantitative estimate of drug-likeness (QED) is 0.310. The van der Waals surface area contributed by atoms with Gasteiger partial charge in [0.1, 0.15) is 17.8 Å². The summed E-state index contributed by atoms with van der Waals surface area (Å²) in [6, 6.07) is 10.2. The Morgan fingerprint density at radius 1 is 1.24 bits per heavy atom. The molecule has 0 amide bonds. The van der Waals surface area contributed by atoms with E-state index in [4.69, 9.17) is 0 Å². The minimum absolute atomic E-state index is 0.0368. The van der Waals surface area contributed by atoms with Crippen LogP contribution in [0.25, 0.3) is 11.3 Å². The van der Waals surface area contributed by atoms with Crippen LogP contribution in [-0.2, 0) is 10.0 Å². The SMILES string of the molecule is C/[N+]([O-])=C/c1cc(-c2ccccc2F)n(S(=O)(=O)c2cccnc2)c1. The number of pyridine rings is 1. The highest BCUT2D eigenvalue weighted by molar-refractivity contribution is 7.90. The average Bonchev–Trinajstić information content (AvgIpc) is 2.99. The minimum atomic E-state index is -4.00. The molecule has 0 radical (unpaired) electrons. The highest BCUT2D eigenvalue weighted by Gasteiger charge is 2.23. The molecule has 0 unspecified atom stereocenters. The molecule has 8 heteroatoms. The van der Waals surface area contributed by atoms with E-state index in [1.807, 2.05) is 0 Å². The van der Waals surface area contributed by atoms with Gasteiger partial charge in [0.25, 0.3) is 10.0 Å². The molecule has 0 fully saturated rings. The van der Waals surface area contributed by atoms with Crippen molar-refractivity contribution in [2.24, 2.45) is 0 Å². The molecule has 0 N–H and O–H groups in total. The van der Waals surface area contributed by atoms with E-state index in [9.17, 15) is 18.0 Å². The summed E-state index contributed by atoms with van der Waals surface area (Å²) in [6.45, 7) is 0. The van der Waals surface area contributed by atoms with E-state index in [2.05, 4.69) is 4.98 Å². The number of aromatic nitrogens is 2. The zero-order chi connectivity index (χ0) is 18.0.